The average molecular weight is 406 g/mol. The van der Waals surface area contributed by atoms with Crippen LogP contribution in [0.1, 0.15) is 0 Å². The Morgan fingerprint density at radius 3 is 2.52 bits per heavy atom. The highest BCUT2D eigenvalue weighted by Gasteiger charge is 2.15. The topological polar surface area (TPSA) is 83.1 Å². The molecule has 0 bridgehead atoms. The fourth-order valence-corrected chi connectivity index (χ4v) is 3.91. The quantitative estimate of drug-likeness (QED) is 0.414. The number of hydrogen-bond donors (Lipinski definition) is 2. The maximum atomic E-state index is 13.8. The van der Waals surface area contributed by atoms with E-state index in [0.717, 1.165) is 49.9 Å². The number of benzene rings is 2. The normalized spacial score (nSPS) is 11.4. The van der Waals surface area contributed by atoms with Gasteiger partial charge < -0.3 is 4.98 Å². The summed E-state index contributed by atoms with van der Waals surface area (Å²) < 4.78 is 13.8. The summed E-state index contributed by atoms with van der Waals surface area (Å²) in [5.74, 6) is -0.257. The lowest BCUT2D eigenvalue weighted by Gasteiger charge is -2.03. The molecule has 2 aromatic carbocycles. The van der Waals surface area contributed by atoms with Crippen LogP contribution in [0.2, 0.25) is 0 Å². The summed E-state index contributed by atoms with van der Waals surface area (Å²) in [7, 11) is 0. The summed E-state index contributed by atoms with van der Waals surface area (Å²) in [4.78, 5) is 16.1. The lowest BCUT2D eigenvalue weighted by atomic mass is 10.0. The third-order valence-corrected chi connectivity index (χ3v) is 5.37. The van der Waals surface area contributed by atoms with Crippen LogP contribution >= 0.6 is 0 Å². The van der Waals surface area contributed by atoms with E-state index in [1.807, 2.05) is 36.4 Å². The van der Waals surface area contributed by atoms with Crippen LogP contribution in [0.4, 0.5) is 4.39 Å². The standard InChI is InChI=1S/C24H15FN6/c25-17-4-1-3-14(7-17)18-5-2-6-21-19(18)9-22(29-21)23-20-8-15(12-28-24(20)31-30-23)16-10-26-13-27-11-16/h1-13,29H,(H,28,30,31). The van der Waals surface area contributed by atoms with Crippen molar-refractivity contribution in [3.63, 3.8) is 0 Å². The number of aromatic amines is 2. The smallest absolute Gasteiger partial charge is 0.155 e. The summed E-state index contributed by atoms with van der Waals surface area (Å²) >= 11 is 0. The minimum absolute atomic E-state index is 0.257. The average Bonchev–Trinajstić information content (AvgIpc) is 3.43. The first-order valence-electron chi connectivity index (χ1n) is 9.74. The fraction of sp³-hybridized carbons (Fsp3) is 0. The fourth-order valence-electron chi connectivity index (χ4n) is 3.91. The van der Waals surface area contributed by atoms with Crippen molar-refractivity contribution in [1.29, 1.82) is 0 Å². The van der Waals surface area contributed by atoms with Gasteiger partial charge in [-0.1, -0.05) is 24.3 Å². The molecule has 0 radical (unpaired) electrons. The molecule has 0 atom stereocenters. The van der Waals surface area contributed by atoms with Crippen LogP contribution in [0.25, 0.3) is 55.6 Å². The van der Waals surface area contributed by atoms with Gasteiger partial charge in [-0.25, -0.2) is 19.3 Å². The van der Waals surface area contributed by atoms with Gasteiger partial charge in [-0.2, -0.15) is 5.10 Å². The summed E-state index contributed by atoms with van der Waals surface area (Å²) in [6.07, 6.45) is 6.78. The van der Waals surface area contributed by atoms with Crippen molar-refractivity contribution in [3.05, 3.63) is 85.3 Å². The Kier molecular flexibility index (Phi) is 3.86. The van der Waals surface area contributed by atoms with Gasteiger partial charge in [-0.3, -0.25) is 5.10 Å². The van der Waals surface area contributed by atoms with E-state index >= 15 is 0 Å². The van der Waals surface area contributed by atoms with Crippen LogP contribution in [0.15, 0.2) is 79.5 Å². The van der Waals surface area contributed by atoms with Crippen LogP contribution in [-0.4, -0.2) is 30.1 Å². The Labute approximate surface area is 175 Å². The van der Waals surface area contributed by atoms with Gasteiger partial charge in [0.2, 0.25) is 0 Å². The van der Waals surface area contributed by atoms with E-state index in [0.29, 0.717) is 5.65 Å². The van der Waals surface area contributed by atoms with E-state index < -0.39 is 0 Å². The van der Waals surface area contributed by atoms with Crippen LogP contribution in [0, 0.1) is 5.82 Å². The zero-order valence-electron chi connectivity index (χ0n) is 16.2. The minimum atomic E-state index is -0.257. The molecule has 0 saturated heterocycles. The van der Waals surface area contributed by atoms with Gasteiger partial charge >= 0.3 is 0 Å². The van der Waals surface area contributed by atoms with Crippen LogP contribution in [-0.2, 0) is 0 Å². The molecule has 4 heterocycles. The van der Waals surface area contributed by atoms with E-state index in [9.17, 15) is 4.39 Å². The first-order valence-corrected chi connectivity index (χ1v) is 9.74. The van der Waals surface area contributed by atoms with Crippen molar-refractivity contribution in [2.24, 2.45) is 0 Å². The van der Waals surface area contributed by atoms with Crippen molar-refractivity contribution in [1.82, 2.24) is 30.1 Å². The second-order valence-electron chi connectivity index (χ2n) is 7.28. The maximum Gasteiger partial charge on any atom is 0.155 e. The molecule has 0 unspecified atom stereocenters. The predicted octanol–water partition coefficient (Wildman–Crippen LogP) is 5.37. The van der Waals surface area contributed by atoms with Crippen LogP contribution in [0.3, 0.4) is 0 Å². The molecule has 0 aliphatic heterocycles. The number of aromatic nitrogens is 6. The molecule has 7 heteroatoms. The molecule has 4 aromatic heterocycles. The molecular formula is C24H15FN6. The second-order valence-corrected chi connectivity index (χ2v) is 7.28. The van der Waals surface area contributed by atoms with Gasteiger partial charge in [0.1, 0.15) is 17.8 Å². The molecule has 6 aromatic rings. The third kappa shape index (κ3) is 2.95. The number of nitrogens with zero attached hydrogens (tertiary/aromatic N) is 4. The molecule has 0 saturated carbocycles. The molecule has 0 spiro atoms. The third-order valence-electron chi connectivity index (χ3n) is 5.37. The van der Waals surface area contributed by atoms with E-state index in [4.69, 9.17) is 0 Å². The van der Waals surface area contributed by atoms with Gasteiger partial charge in [-0.05, 0) is 41.5 Å². The molecule has 6 nitrogen and oxygen atoms in total. The van der Waals surface area contributed by atoms with Gasteiger partial charge in [0.15, 0.2) is 5.65 Å². The number of halogens is 1. The molecule has 31 heavy (non-hydrogen) atoms. The van der Waals surface area contributed by atoms with E-state index in [-0.39, 0.29) is 5.82 Å². The van der Waals surface area contributed by atoms with Crippen molar-refractivity contribution in [2.45, 2.75) is 0 Å². The van der Waals surface area contributed by atoms with Gasteiger partial charge in [0, 0.05) is 46.0 Å². The van der Waals surface area contributed by atoms with Crippen molar-refractivity contribution < 1.29 is 4.39 Å². The molecule has 0 aliphatic carbocycles. The first-order chi connectivity index (χ1) is 15.3. The van der Waals surface area contributed by atoms with E-state index in [1.165, 1.54) is 12.4 Å². The van der Waals surface area contributed by atoms with Crippen LogP contribution < -0.4 is 0 Å². The molecule has 0 aliphatic rings. The predicted molar refractivity (Wildman–Crippen MR) is 118 cm³/mol. The largest absolute Gasteiger partial charge is 0.353 e. The highest BCUT2D eigenvalue weighted by Crippen LogP contribution is 2.34. The van der Waals surface area contributed by atoms with Gasteiger partial charge in [-0.15, -0.1) is 0 Å². The zero-order chi connectivity index (χ0) is 20.8. The molecular weight excluding hydrogens is 391 g/mol. The molecule has 0 fully saturated rings. The highest BCUT2D eigenvalue weighted by molar-refractivity contribution is 6.01. The molecule has 6 rings (SSSR count). The second kappa shape index (κ2) is 6.84. The number of nitrogens with one attached hydrogen (secondary N) is 2. The number of H-pyrrole nitrogens is 2. The number of rotatable bonds is 3. The Hall–Kier alpha value is -4.39. The van der Waals surface area contributed by atoms with Gasteiger partial charge in [0.05, 0.1) is 5.69 Å². The lowest BCUT2D eigenvalue weighted by Crippen LogP contribution is -1.85. The van der Waals surface area contributed by atoms with Crippen molar-refractivity contribution >= 4 is 21.9 Å². The summed E-state index contributed by atoms with van der Waals surface area (Å²) in [6, 6.07) is 16.6. The van der Waals surface area contributed by atoms with Crippen molar-refractivity contribution in [3.8, 4) is 33.6 Å². The van der Waals surface area contributed by atoms with E-state index in [2.05, 4.69) is 30.1 Å². The lowest BCUT2D eigenvalue weighted by molar-refractivity contribution is 0.628. The Morgan fingerprint density at radius 1 is 0.774 bits per heavy atom. The summed E-state index contributed by atoms with van der Waals surface area (Å²) in [5, 5.41) is 9.39. The minimum Gasteiger partial charge on any atom is -0.353 e. The molecule has 148 valence electrons. The Balaban J connectivity index is 1.52. The number of fused-ring (bicyclic) bond motifs is 2. The first kappa shape index (κ1) is 17.5. The number of pyridine rings is 1. The monoisotopic (exact) mass is 406 g/mol. The molecule has 2 N–H and O–H groups in total. The maximum absolute atomic E-state index is 13.8. The SMILES string of the molecule is Fc1cccc(-c2cccc3[nH]c(-c4n[nH]c5ncc(-c6cncnc6)cc45)cc23)c1. The van der Waals surface area contributed by atoms with Crippen molar-refractivity contribution in [2.75, 3.05) is 0 Å². The van der Waals surface area contributed by atoms with Gasteiger partial charge in [0.25, 0.3) is 0 Å². The summed E-state index contributed by atoms with van der Waals surface area (Å²) in [5.41, 5.74) is 6.85. The summed E-state index contributed by atoms with van der Waals surface area (Å²) in [6.45, 7) is 0. The Morgan fingerprint density at radius 2 is 1.65 bits per heavy atom. The van der Waals surface area contributed by atoms with E-state index in [1.54, 1.807) is 30.7 Å². The Bertz CT molecular complexity index is 1550. The highest BCUT2D eigenvalue weighted by atomic mass is 19.1. The van der Waals surface area contributed by atoms with Crippen LogP contribution in [0.5, 0.6) is 0 Å². The zero-order valence-corrected chi connectivity index (χ0v) is 16.2. The number of hydrogen-bond acceptors (Lipinski definition) is 4. The molecule has 0 amide bonds.